The summed E-state index contributed by atoms with van der Waals surface area (Å²) < 4.78 is 16.2. The summed E-state index contributed by atoms with van der Waals surface area (Å²) in [5.74, 6) is -0.653. The predicted octanol–water partition coefficient (Wildman–Crippen LogP) is 10.3. The third-order valence-corrected chi connectivity index (χ3v) is 10.1. The van der Waals surface area contributed by atoms with Gasteiger partial charge in [0, 0.05) is 33.8 Å². The number of carboxylic acids is 1. The zero-order valence-electron chi connectivity index (χ0n) is 25.8. The van der Waals surface area contributed by atoms with Crippen LogP contribution in [0.25, 0.3) is 0 Å². The molecule has 0 atom stereocenters. The lowest BCUT2D eigenvalue weighted by molar-refractivity contribution is -0.137. The van der Waals surface area contributed by atoms with Gasteiger partial charge < -0.3 is 18.4 Å². The van der Waals surface area contributed by atoms with Crippen molar-refractivity contribution in [3.05, 3.63) is 0 Å². The molecule has 0 saturated carbocycles. The van der Waals surface area contributed by atoms with Crippen molar-refractivity contribution in [1.82, 2.24) is 0 Å². The van der Waals surface area contributed by atoms with Crippen LogP contribution in [-0.2, 0) is 18.1 Å². The molecule has 0 rings (SSSR count). The molecule has 0 radical (unpaired) electrons. The molecular weight excluding hydrogens is 480 g/mol. The van der Waals surface area contributed by atoms with Crippen molar-refractivity contribution in [2.75, 3.05) is 21.3 Å². The van der Waals surface area contributed by atoms with Crippen molar-refractivity contribution in [1.29, 1.82) is 0 Å². The Kier molecular flexibility index (Phi) is 33.3. The van der Waals surface area contributed by atoms with E-state index in [2.05, 4.69) is 13.8 Å². The van der Waals surface area contributed by atoms with Crippen LogP contribution in [0.15, 0.2) is 0 Å². The number of hydrogen-bond acceptors (Lipinski definition) is 4. The molecule has 224 valence electrons. The molecule has 0 heterocycles. The number of unbranched alkanes of at least 4 members (excludes halogenated alkanes) is 21. The summed E-state index contributed by atoms with van der Waals surface area (Å²) in [6.45, 7) is 4.52. The maximum Gasteiger partial charge on any atom is 0.500 e. The van der Waals surface area contributed by atoms with Crippen LogP contribution in [0.2, 0.25) is 6.04 Å². The molecule has 0 fully saturated rings. The minimum Gasteiger partial charge on any atom is -0.481 e. The first-order valence-electron chi connectivity index (χ1n) is 15.9. The minimum absolute atomic E-state index is 0.345. The van der Waals surface area contributed by atoms with Crippen molar-refractivity contribution < 1.29 is 23.2 Å². The molecule has 5 nitrogen and oxygen atoms in total. The van der Waals surface area contributed by atoms with Gasteiger partial charge in [-0.25, -0.2) is 0 Å². The van der Waals surface area contributed by atoms with Gasteiger partial charge in [0.1, 0.15) is 0 Å². The second-order valence-electron chi connectivity index (χ2n) is 10.6. The first kappa shape index (κ1) is 38.7. The van der Waals surface area contributed by atoms with Gasteiger partial charge in [-0.05, 0) is 12.8 Å². The maximum atomic E-state index is 10.3. The van der Waals surface area contributed by atoms with Gasteiger partial charge in [0.15, 0.2) is 0 Å². The number of aliphatic carboxylic acids is 1. The first-order valence-corrected chi connectivity index (χ1v) is 17.8. The highest BCUT2D eigenvalue weighted by molar-refractivity contribution is 6.60. The van der Waals surface area contributed by atoms with Gasteiger partial charge in [0.25, 0.3) is 0 Å². The molecule has 0 bridgehead atoms. The number of hydrogen-bond donors (Lipinski definition) is 1. The lowest BCUT2D eigenvalue weighted by Crippen LogP contribution is -2.42. The average Bonchev–Trinajstić information content (AvgIpc) is 2.91. The zero-order valence-corrected chi connectivity index (χ0v) is 26.8. The molecule has 0 aliphatic carbocycles. The summed E-state index contributed by atoms with van der Waals surface area (Å²) in [7, 11) is 2.75. The summed E-state index contributed by atoms with van der Waals surface area (Å²) in [4.78, 5) is 10.3. The summed E-state index contributed by atoms with van der Waals surface area (Å²) in [6.07, 6.45) is 30.8. The van der Waals surface area contributed by atoms with Gasteiger partial charge in [-0.1, -0.05) is 149 Å². The van der Waals surface area contributed by atoms with Gasteiger partial charge in [-0.3, -0.25) is 4.79 Å². The number of carbonyl (C=O) groups is 1. The van der Waals surface area contributed by atoms with Gasteiger partial charge in [-0.15, -0.1) is 0 Å². The topological polar surface area (TPSA) is 65.0 Å². The molecule has 0 saturated heterocycles. The molecule has 0 aromatic carbocycles. The summed E-state index contributed by atoms with van der Waals surface area (Å²) in [5.41, 5.74) is 0. The van der Waals surface area contributed by atoms with Crippen LogP contribution in [-0.4, -0.2) is 41.2 Å². The van der Waals surface area contributed by atoms with Gasteiger partial charge >= 0.3 is 14.8 Å². The molecule has 0 aromatic heterocycles. The third kappa shape index (κ3) is 30.0. The van der Waals surface area contributed by atoms with E-state index in [1.807, 2.05) is 0 Å². The standard InChI is InChI=1S/C18H36O2.C13H30O3Si/c1-2-3-4-5-6-7-8-9-10-11-12-13-14-15-16-17-18(19)20;1-5-6-7-8-9-10-11-12-13-17(14-2,15-3)16-4/h2-17H2,1H3,(H,19,20);5-13H2,1-4H3. The molecule has 0 aliphatic rings. The molecule has 37 heavy (non-hydrogen) atoms. The Morgan fingerprint density at radius 1 is 0.486 bits per heavy atom. The monoisotopic (exact) mass is 546 g/mol. The van der Waals surface area contributed by atoms with E-state index in [0.717, 1.165) is 25.3 Å². The van der Waals surface area contributed by atoms with E-state index in [-0.39, 0.29) is 0 Å². The number of carboxylic acid groups (broad SMARTS) is 1. The lowest BCUT2D eigenvalue weighted by Gasteiger charge is -2.24. The number of rotatable bonds is 28. The van der Waals surface area contributed by atoms with Crippen LogP contribution in [0.4, 0.5) is 0 Å². The van der Waals surface area contributed by atoms with Crippen LogP contribution < -0.4 is 0 Å². The Morgan fingerprint density at radius 2 is 0.757 bits per heavy atom. The fraction of sp³-hybridized carbons (Fsp3) is 0.968. The van der Waals surface area contributed by atoms with E-state index in [1.54, 1.807) is 21.3 Å². The quantitative estimate of drug-likeness (QED) is 0.0781. The predicted molar refractivity (Wildman–Crippen MR) is 161 cm³/mol. The minimum atomic E-state index is -2.30. The third-order valence-electron chi connectivity index (χ3n) is 7.26. The van der Waals surface area contributed by atoms with Gasteiger partial charge in [-0.2, -0.15) is 0 Å². The normalized spacial score (nSPS) is 11.4. The molecule has 0 unspecified atom stereocenters. The van der Waals surface area contributed by atoms with Gasteiger partial charge in [0.05, 0.1) is 0 Å². The maximum absolute atomic E-state index is 10.3. The van der Waals surface area contributed by atoms with Gasteiger partial charge in [0.2, 0.25) is 0 Å². The molecule has 0 amide bonds. The SMILES string of the molecule is CCCCCCCCCCCCCCCCCC(=O)O.CCCCCCCCCC[Si](OC)(OC)OC. The van der Waals surface area contributed by atoms with Crippen LogP contribution in [0.5, 0.6) is 0 Å². The zero-order chi connectivity index (χ0) is 27.9. The Balaban J connectivity index is 0. The second-order valence-corrected chi connectivity index (χ2v) is 13.7. The summed E-state index contributed by atoms with van der Waals surface area (Å²) in [5, 5.41) is 8.52. The molecular formula is C31H66O5Si. The van der Waals surface area contributed by atoms with E-state index in [1.165, 1.54) is 128 Å². The molecule has 0 aromatic rings. The van der Waals surface area contributed by atoms with E-state index in [9.17, 15) is 4.79 Å². The smallest absolute Gasteiger partial charge is 0.481 e. The molecule has 0 aliphatic heterocycles. The highest BCUT2D eigenvalue weighted by atomic mass is 28.4. The van der Waals surface area contributed by atoms with Crippen molar-refractivity contribution in [2.45, 2.75) is 174 Å². The Morgan fingerprint density at radius 3 is 1.03 bits per heavy atom. The molecule has 1 N–H and O–H groups in total. The van der Waals surface area contributed by atoms with Crippen LogP contribution in [0, 0.1) is 0 Å². The van der Waals surface area contributed by atoms with E-state index >= 15 is 0 Å². The van der Waals surface area contributed by atoms with E-state index in [4.69, 9.17) is 18.4 Å². The van der Waals surface area contributed by atoms with Crippen LogP contribution in [0.1, 0.15) is 168 Å². The van der Waals surface area contributed by atoms with Crippen LogP contribution in [0.3, 0.4) is 0 Å². The summed E-state index contributed by atoms with van der Waals surface area (Å²) in [6, 6.07) is 0.936. The fourth-order valence-corrected chi connectivity index (χ4v) is 6.47. The van der Waals surface area contributed by atoms with Crippen molar-refractivity contribution in [3.63, 3.8) is 0 Å². The van der Waals surface area contributed by atoms with Crippen molar-refractivity contribution >= 4 is 14.8 Å². The second kappa shape index (κ2) is 31.8. The van der Waals surface area contributed by atoms with E-state index < -0.39 is 14.8 Å². The summed E-state index contributed by atoms with van der Waals surface area (Å²) >= 11 is 0. The van der Waals surface area contributed by atoms with Crippen molar-refractivity contribution in [3.8, 4) is 0 Å². The van der Waals surface area contributed by atoms with Crippen molar-refractivity contribution in [2.24, 2.45) is 0 Å². The Hall–Kier alpha value is -0.433. The highest BCUT2D eigenvalue weighted by Crippen LogP contribution is 2.18. The fourth-order valence-electron chi connectivity index (χ4n) is 4.68. The van der Waals surface area contributed by atoms with Crippen LogP contribution >= 0.6 is 0 Å². The first-order chi connectivity index (χ1) is 18.0. The lowest BCUT2D eigenvalue weighted by atomic mass is 10.0. The Labute approximate surface area is 233 Å². The molecule has 0 spiro atoms. The largest absolute Gasteiger partial charge is 0.500 e. The van der Waals surface area contributed by atoms with E-state index in [0.29, 0.717) is 6.42 Å². The average molecular weight is 547 g/mol. The Bertz CT molecular complexity index is 435. The molecule has 6 heteroatoms. The highest BCUT2D eigenvalue weighted by Gasteiger charge is 2.36.